The standard InChI is InChI=1S/C19H23BCl2IN3O3P/c1-11(17-14(21)7-25-8-15(17)22)29-12-4-5-16(26-30-23)13(6-12)18(24)20-28-10-19(2,3)9-27/h4-8,11,24,26-27,30H,9-10H2,1-3H3/t11-/m1/s1. The van der Waals surface area contributed by atoms with Crippen molar-refractivity contribution in [3.05, 3.63) is 51.8 Å². The highest BCUT2D eigenvalue weighted by atomic mass is 127. The van der Waals surface area contributed by atoms with E-state index in [0.717, 1.165) is 5.69 Å². The number of aliphatic hydroxyl groups is 1. The smallest absolute Gasteiger partial charge is 0.351 e. The second-order valence-corrected chi connectivity index (χ2v) is 10.2. The molecule has 2 aromatic rings. The Morgan fingerprint density at radius 2 is 2.03 bits per heavy atom. The van der Waals surface area contributed by atoms with Gasteiger partial charge in [-0.2, -0.15) is 0 Å². The summed E-state index contributed by atoms with van der Waals surface area (Å²) in [5.74, 6) is 0.567. The molecule has 6 nitrogen and oxygen atoms in total. The van der Waals surface area contributed by atoms with Gasteiger partial charge in [-0.15, -0.1) is 0 Å². The van der Waals surface area contributed by atoms with Crippen LogP contribution in [0.3, 0.4) is 0 Å². The number of ether oxygens (including phenoxy) is 1. The summed E-state index contributed by atoms with van der Waals surface area (Å²) in [7, 11) is 1.39. The molecular weight excluding hydrogens is 558 g/mol. The SMILES string of the molecule is C[C@@H](Oc1ccc(NPI)c(C(=N)[B]OCC(C)(C)CO)c1)c1c(Cl)cncc1Cl. The van der Waals surface area contributed by atoms with Crippen LogP contribution in [0.4, 0.5) is 5.69 Å². The molecule has 1 heterocycles. The lowest BCUT2D eigenvalue weighted by molar-refractivity contribution is 0.101. The number of nitrogens with one attached hydrogen (secondary N) is 2. The van der Waals surface area contributed by atoms with Crippen LogP contribution in [0.25, 0.3) is 0 Å². The number of aliphatic hydroxyl groups excluding tert-OH is 1. The largest absolute Gasteiger partial charge is 0.486 e. The number of benzene rings is 1. The Bertz CT molecular complexity index is 872. The Kier molecular flexibility index (Phi) is 10.1. The first-order valence-corrected chi connectivity index (χ1v) is 13.9. The van der Waals surface area contributed by atoms with Crippen molar-refractivity contribution in [1.29, 1.82) is 5.41 Å². The van der Waals surface area contributed by atoms with Crippen molar-refractivity contribution >= 4 is 70.4 Å². The Balaban J connectivity index is 2.19. The fourth-order valence-corrected chi connectivity index (χ4v) is 4.38. The van der Waals surface area contributed by atoms with E-state index in [2.05, 4.69) is 32.1 Å². The molecule has 161 valence electrons. The normalized spacial score (nSPS) is 12.8. The topological polar surface area (TPSA) is 87.5 Å². The van der Waals surface area contributed by atoms with Crippen LogP contribution in [0.15, 0.2) is 30.6 Å². The molecule has 0 saturated carbocycles. The van der Waals surface area contributed by atoms with E-state index in [0.29, 0.717) is 39.9 Å². The molecule has 1 radical (unpaired) electrons. The van der Waals surface area contributed by atoms with Gasteiger partial charge < -0.3 is 25.0 Å². The van der Waals surface area contributed by atoms with E-state index in [1.54, 1.807) is 6.07 Å². The van der Waals surface area contributed by atoms with Gasteiger partial charge in [-0.3, -0.25) is 4.98 Å². The molecule has 2 rings (SSSR count). The van der Waals surface area contributed by atoms with Crippen LogP contribution in [0, 0.1) is 10.8 Å². The Hall–Kier alpha value is -0.635. The van der Waals surface area contributed by atoms with E-state index < -0.39 is 6.10 Å². The van der Waals surface area contributed by atoms with Crippen molar-refractivity contribution in [3.63, 3.8) is 0 Å². The maximum Gasteiger partial charge on any atom is 0.351 e. The van der Waals surface area contributed by atoms with Crippen molar-refractivity contribution in [3.8, 4) is 5.75 Å². The molecular formula is C19H23BCl2IN3O3P. The number of rotatable bonds is 11. The van der Waals surface area contributed by atoms with E-state index in [9.17, 15) is 5.11 Å². The van der Waals surface area contributed by atoms with Crippen molar-refractivity contribution in [2.24, 2.45) is 5.41 Å². The minimum Gasteiger partial charge on any atom is -0.486 e. The molecule has 0 fully saturated rings. The number of nitrogens with zero attached hydrogens (tertiary/aromatic N) is 1. The van der Waals surface area contributed by atoms with Gasteiger partial charge in [-0.1, -0.05) is 37.0 Å². The highest BCUT2D eigenvalue weighted by Gasteiger charge is 2.20. The number of pyridine rings is 1. The number of halogens is 3. The molecule has 2 atom stereocenters. The van der Waals surface area contributed by atoms with Gasteiger partial charge in [-0.05, 0) is 47.2 Å². The zero-order chi connectivity index (χ0) is 22.3. The van der Waals surface area contributed by atoms with Gasteiger partial charge >= 0.3 is 7.48 Å². The zero-order valence-corrected chi connectivity index (χ0v) is 21.5. The average molecular weight is 581 g/mol. The molecule has 1 unspecified atom stereocenters. The fourth-order valence-electron chi connectivity index (χ4n) is 2.51. The van der Waals surface area contributed by atoms with Gasteiger partial charge in [-0.25, -0.2) is 0 Å². The highest BCUT2D eigenvalue weighted by Crippen LogP contribution is 2.34. The number of aromatic nitrogens is 1. The zero-order valence-electron chi connectivity index (χ0n) is 16.8. The molecule has 0 saturated heterocycles. The van der Waals surface area contributed by atoms with Crippen molar-refractivity contribution in [2.75, 3.05) is 18.3 Å². The maximum atomic E-state index is 9.35. The molecule has 11 heteroatoms. The Morgan fingerprint density at radius 3 is 2.63 bits per heavy atom. The fraction of sp³-hybridized carbons (Fsp3) is 0.368. The van der Waals surface area contributed by atoms with Gasteiger partial charge in [0.25, 0.3) is 0 Å². The molecule has 1 aromatic heterocycles. The summed E-state index contributed by atoms with van der Waals surface area (Å²) in [6, 6.07) is 5.46. The van der Waals surface area contributed by atoms with Crippen LogP contribution in [0.5, 0.6) is 5.75 Å². The highest BCUT2D eigenvalue weighted by molar-refractivity contribution is 14.2. The first kappa shape index (κ1) is 25.6. The van der Waals surface area contributed by atoms with Gasteiger partial charge in [0.2, 0.25) is 0 Å². The Labute approximate surface area is 202 Å². The van der Waals surface area contributed by atoms with E-state index in [1.165, 1.54) is 19.9 Å². The first-order chi connectivity index (χ1) is 14.2. The van der Waals surface area contributed by atoms with E-state index >= 15 is 0 Å². The van der Waals surface area contributed by atoms with Crippen LogP contribution in [-0.4, -0.2) is 36.4 Å². The predicted octanol–water partition coefficient (Wildman–Crippen LogP) is 5.86. The summed E-state index contributed by atoms with van der Waals surface area (Å²) in [6.07, 6.45) is 3.08. The second-order valence-electron chi connectivity index (χ2n) is 7.37. The quantitative estimate of drug-likeness (QED) is 0.134. The summed E-state index contributed by atoms with van der Waals surface area (Å²) in [5.41, 5.74) is 1.90. The monoisotopic (exact) mass is 580 g/mol. The van der Waals surface area contributed by atoms with Gasteiger partial charge in [0.05, 0.1) is 16.7 Å². The summed E-state index contributed by atoms with van der Waals surface area (Å²) >= 11 is 14.7. The van der Waals surface area contributed by atoms with Gasteiger partial charge in [0.15, 0.2) is 0 Å². The first-order valence-electron chi connectivity index (χ1n) is 9.04. The molecule has 0 aliphatic heterocycles. The van der Waals surface area contributed by atoms with Crippen molar-refractivity contribution in [2.45, 2.75) is 26.9 Å². The van der Waals surface area contributed by atoms with Crippen molar-refractivity contribution in [1.82, 2.24) is 4.98 Å². The number of hydrogen-bond donors (Lipinski definition) is 3. The lowest BCUT2D eigenvalue weighted by Crippen LogP contribution is -2.27. The van der Waals surface area contributed by atoms with Crippen LogP contribution in [0.1, 0.15) is 38.0 Å². The summed E-state index contributed by atoms with van der Waals surface area (Å²) < 4.78 is 11.6. The number of hydrogen-bond acceptors (Lipinski definition) is 6. The molecule has 0 bridgehead atoms. The molecule has 0 aliphatic carbocycles. The third kappa shape index (κ3) is 7.21. The van der Waals surface area contributed by atoms with Gasteiger partial charge in [0, 0.05) is 53.2 Å². The van der Waals surface area contributed by atoms with Gasteiger partial charge in [0.1, 0.15) is 11.9 Å². The van der Waals surface area contributed by atoms with E-state index in [1.807, 2.05) is 32.9 Å². The molecule has 0 spiro atoms. The van der Waals surface area contributed by atoms with Crippen LogP contribution in [0.2, 0.25) is 10.0 Å². The van der Waals surface area contributed by atoms with Crippen LogP contribution in [-0.2, 0) is 4.65 Å². The summed E-state index contributed by atoms with van der Waals surface area (Å²) in [6.45, 7) is 5.93. The molecule has 1 aromatic carbocycles. The third-order valence-electron chi connectivity index (χ3n) is 4.18. The Morgan fingerprint density at radius 1 is 1.37 bits per heavy atom. The third-order valence-corrected chi connectivity index (χ3v) is 5.95. The average Bonchev–Trinajstić information content (AvgIpc) is 2.69. The molecule has 30 heavy (non-hydrogen) atoms. The minimum absolute atomic E-state index is 0.00171. The summed E-state index contributed by atoms with van der Waals surface area (Å²) in [4.78, 5) is 3.97. The molecule has 0 aliphatic rings. The number of anilines is 1. The molecule has 3 N–H and O–H groups in total. The van der Waals surface area contributed by atoms with E-state index in [-0.39, 0.29) is 17.6 Å². The maximum absolute atomic E-state index is 9.35. The van der Waals surface area contributed by atoms with Crippen LogP contribution < -0.4 is 9.82 Å². The predicted molar refractivity (Wildman–Crippen MR) is 135 cm³/mol. The summed E-state index contributed by atoms with van der Waals surface area (Å²) in [5, 5.41) is 21.9. The lowest BCUT2D eigenvalue weighted by Gasteiger charge is -2.22. The lowest BCUT2D eigenvalue weighted by atomic mass is 9.84. The minimum atomic E-state index is -0.411. The van der Waals surface area contributed by atoms with E-state index in [4.69, 9.17) is 38.0 Å². The molecule has 0 amide bonds. The second kappa shape index (κ2) is 11.8. The van der Waals surface area contributed by atoms with Crippen molar-refractivity contribution < 1.29 is 14.5 Å². The van der Waals surface area contributed by atoms with Crippen LogP contribution >= 0.6 is 51.6 Å².